The number of carbonyl (C=O) groups excluding carboxylic acids is 2. The number of nitrogens with one attached hydrogen (secondary N) is 1. The molecule has 0 aliphatic carbocycles. The minimum Gasteiger partial charge on any atom is -0.465 e. The first-order valence-corrected chi connectivity index (χ1v) is 5.00. The van der Waals surface area contributed by atoms with E-state index in [9.17, 15) is 9.59 Å². The van der Waals surface area contributed by atoms with Crippen LogP contribution >= 0.6 is 11.5 Å². The summed E-state index contributed by atoms with van der Waals surface area (Å²) in [4.78, 5) is 22.7. The zero-order valence-electron chi connectivity index (χ0n) is 8.36. The van der Waals surface area contributed by atoms with Crippen LogP contribution in [0, 0.1) is 0 Å². The number of hydrogen-bond acceptors (Lipinski definition) is 6. The van der Waals surface area contributed by atoms with Gasteiger partial charge >= 0.3 is 5.97 Å². The van der Waals surface area contributed by atoms with Crippen LogP contribution in [0.5, 0.6) is 0 Å². The van der Waals surface area contributed by atoms with Gasteiger partial charge in [0.05, 0.1) is 12.8 Å². The fourth-order valence-corrected chi connectivity index (χ4v) is 1.66. The van der Waals surface area contributed by atoms with Gasteiger partial charge in [-0.2, -0.15) is 4.37 Å². The number of carbonyl (C=O) groups is 2. The Labute approximate surface area is 90.6 Å². The highest BCUT2D eigenvalue weighted by molar-refractivity contribution is 7.08. The van der Waals surface area contributed by atoms with E-state index in [0.29, 0.717) is 6.54 Å². The van der Waals surface area contributed by atoms with E-state index in [1.165, 1.54) is 7.11 Å². The first-order valence-electron chi connectivity index (χ1n) is 4.23. The summed E-state index contributed by atoms with van der Waals surface area (Å²) in [5, 5.41) is 2.55. The smallest absolute Gasteiger partial charge is 0.351 e. The van der Waals surface area contributed by atoms with Crippen LogP contribution in [-0.2, 0) is 4.74 Å². The summed E-state index contributed by atoms with van der Waals surface area (Å²) < 4.78 is 8.30. The molecule has 0 unspecified atom stereocenters. The highest BCUT2D eigenvalue weighted by atomic mass is 32.1. The van der Waals surface area contributed by atoms with E-state index in [1.54, 1.807) is 6.92 Å². The largest absolute Gasteiger partial charge is 0.465 e. The average molecular weight is 229 g/mol. The fraction of sp³-hybridized carbons (Fsp3) is 0.375. The van der Waals surface area contributed by atoms with E-state index < -0.39 is 5.97 Å². The van der Waals surface area contributed by atoms with Crippen LogP contribution in [0.1, 0.15) is 27.1 Å². The lowest BCUT2D eigenvalue weighted by Crippen LogP contribution is -2.24. The lowest BCUT2D eigenvalue weighted by atomic mass is 10.3. The highest BCUT2D eigenvalue weighted by Gasteiger charge is 2.21. The molecule has 0 saturated carbocycles. The molecule has 15 heavy (non-hydrogen) atoms. The normalized spacial score (nSPS) is 9.73. The van der Waals surface area contributed by atoms with Gasteiger partial charge in [-0.05, 0) is 18.5 Å². The molecule has 1 heterocycles. The third kappa shape index (κ3) is 2.24. The third-order valence-corrected chi connectivity index (χ3v) is 2.49. The van der Waals surface area contributed by atoms with E-state index >= 15 is 0 Å². The molecule has 1 aromatic heterocycles. The van der Waals surface area contributed by atoms with E-state index in [2.05, 4.69) is 14.4 Å². The van der Waals surface area contributed by atoms with Gasteiger partial charge in [0.1, 0.15) is 0 Å². The van der Waals surface area contributed by atoms with Crippen molar-refractivity contribution in [1.29, 1.82) is 0 Å². The van der Waals surface area contributed by atoms with Crippen molar-refractivity contribution in [2.45, 2.75) is 6.92 Å². The van der Waals surface area contributed by atoms with Crippen LogP contribution in [0.25, 0.3) is 0 Å². The van der Waals surface area contributed by atoms with E-state index in [-0.39, 0.29) is 22.2 Å². The van der Waals surface area contributed by atoms with Gasteiger partial charge in [-0.15, -0.1) is 0 Å². The number of methoxy groups -OCH3 is 1. The van der Waals surface area contributed by atoms with Crippen LogP contribution in [-0.4, -0.2) is 29.9 Å². The number of nitrogen functional groups attached to an aromatic ring is 1. The maximum absolute atomic E-state index is 11.4. The number of ether oxygens (including phenoxy) is 1. The van der Waals surface area contributed by atoms with Crippen molar-refractivity contribution in [2.24, 2.45) is 0 Å². The number of hydrogen-bond donors (Lipinski definition) is 2. The summed E-state index contributed by atoms with van der Waals surface area (Å²) in [6.07, 6.45) is 0. The van der Waals surface area contributed by atoms with Crippen LogP contribution in [0.2, 0.25) is 0 Å². The molecule has 6 nitrogen and oxygen atoms in total. The van der Waals surface area contributed by atoms with Crippen LogP contribution in [0.3, 0.4) is 0 Å². The first-order chi connectivity index (χ1) is 7.11. The minimum absolute atomic E-state index is 0.0674. The molecule has 0 saturated heterocycles. The van der Waals surface area contributed by atoms with Gasteiger partial charge in [-0.25, -0.2) is 4.79 Å². The molecule has 7 heteroatoms. The Hall–Kier alpha value is -1.63. The lowest BCUT2D eigenvalue weighted by molar-refractivity contribution is 0.0607. The van der Waals surface area contributed by atoms with Crippen molar-refractivity contribution in [3.05, 3.63) is 10.6 Å². The molecule has 0 aromatic carbocycles. The molecule has 0 atom stereocenters. The average Bonchev–Trinajstić information content (AvgIpc) is 2.59. The minimum atomic E-state index is -0.583. The van der Waals surface area contributed by atoms with Crippen LogP contribution in [0.4, 0.5) is 5.69 Å². The number of rotatable bonds is 3. The van der Waals surface area contributed by atoms with Crippen molar-refractivity contribution >= 4 is 29.1 Å². The van der Waals surface area contributed by atoms with Gasteiger partial charge in [0.15, 0.2) is 10.6 Å². The Morgan fingerprint density at radius 1 is 1.60 bits per heavy atom. The Morgan fingerprint density at radius 3 is 2.80 bits per heavy atom. The van der Waals surface area contributed by atoms with E-state index in [0.717, 1.165) is 11.5 Å². The number of nitrogens with two attached hydrogens (primary N) is 1. The van der Waals surface area contributed by atoms with Crippen LogP contribution < -0.4 is 11.1 Å². The van der Waals surface area contributed by atoms with E-state index in [1.807, 2.05) is 0 Å². The molecule has 0 aliphatic rings. The second-order valence-corrected chi connectivity index (χ2v) is 3.40. The van der Waals surface area contributed by atoms with Crippen molar-refractivity contribution in [3.63, 3.8) is 0 Å². The molecule has 1 aromatic rings. The summed E-state index contributed by atoms with van der Waals surface area (Å²) in [5.74, 6) is -0.970. The van der Waals surface area contributed by atoms with E-state index in [4.69, 9.17) is 5.73 Å². The standard InChI is InChI=1S/C8H11N3O3S/c1-3-10-7(12)5-4(9)6(15-11-5)8(13)14-2/h3,9H2,1-2H3,(H,10,12). The fourth-order valence-electron chi connectivity index (χ4n) is 0.945. The molecule has 3 N–H and O–H groups in total. The summed E-state index contributed by atoms with van der Waals surface area (Å²) >= 11 is 0.853. The maximum atomic E-state index is 11.4. The maximum Gasteiger partial charge on any atom is 0.351 e. The number of aromatic nitrogens is 1. The molecule has 0 aliphatic heterocycles. The SMILES string of the molecule is CCNC(=O)c1nsc(C(=O)OC)c1N. The quantitative estimate of drug-likeness (QED) is 0.725. The summed E-state index contributed by atoms with van der Waals surface area (Å²) in [5.41, 5.74) is 5.74. The van der Waals surface area contributed by atoms with Crippen molar-refractivity contribution in [2.75, 3.05) is 19.4 Å². The van der Waals surface area contributed by atoms with Gasteiger partial charge in [0, 0.05) is 6.54 Å². The number of anilines is 1. The molecule has 0 fully saturated rings. The topological polar surface area (TPSA) is 94.3 Å². The second-order valence-electron chi connectivity index (χ2n) is 2.63. The van der Waals surface area contributed by atoms with Gasteiger partial charge in [0.2, 0.25) is 0 Å². The lowest BCUT2D eigenvalue weighted by Gasteiger charge is -1.99. The molecule has 0 radical (unpaired) electrons. The van der Waals surface area contributed by atoms with Crippen molar-refractivity contribution in [3.8, 4) is 0 Å². The van der Waals surface area contributed by atoms with Crippen molar-refractivity contribution < 1.29 is 14.3 Å². The Balaban J connectivity index is 2.98. The van der Waals surface area contributed by atoms with Gasteiger partial charge in [0.25, 0.3) is 5.91 Å². The first kappa shape index (κ1) is 11.4. The van der Waals surface area contributed by atoms with Gasteiger partial charge in [-0.1, -0.05) is 0 Å². The van der Waals surface area contributed by atoms with Gasteiger partial charge < -0.3 is 15.8 Å². The predicted octanol–water partition coefficient (Wildman–Crippen LogP) is 0.262. The Morgan fingerprint density at radius 2 is 2.27 bits per heavy atom. The highest BCUT2D eigenvalue weighted by Crippen LogP contribution is 2.22. The molecular weight excluding hydrogens is 218 g/mol. The summed E-state index contributed by atoms with van der Waals surface area (Å²) in [6, 6.07) is 0. The zero-order chi connectivity index (χ0) is 11.4. The predicted molar refractivity (Wildman–Crippen MR) is 55.9 cm³/mol. The molecule has 82 valence electrons. The second kappa shape index (κ2) is 4.74. The molecule has 1 rings (SSSR count). The summed E-state index contributed by atoms with van der Waals surface area (Å²) in [7, 11) is 1.24. The Bertz CT molecular complexity index is 388. The number of amides is 1. The van der Waals surface area contributed by atoms with Gasteiger partial charge in [-0.3, -0.25) is 4.79 Å². The molecule has 0 spiro atoms. The van der Waals surface area contributed by atoms with Crippen molar-refractivity contribution in [1.82, 2.24) is 9.69 Å². The molecule has 1 amide bonds. The number of esters is 1. The number of nitrogens with zero attached hydrogens (tertiary/aromatic N) is 1. The Kier molecular flexibility index (Phi) is 3.62. The molecular formula is C8H11N3O3S. The van der Waals surface area contributed by atoms with Crippen LogP contribution in [0.15, 0.2) is 0 Å². The third-order valence-electron chi connectivity index (χ3n) is 1.65. The monoisotopic (exact) mass is 229 g/mol. The zero-order valence-corrected chi connectivity index (χ0v) is 9.18. The summed E-state index contributed by atoms with van der Waals surface area (Å²) in [6.45, 7) is 2.25. The molecule has 0 bridgehead atoms.